The molecule has 0 unspecified atom stereocenters. The topological polar surface area (TPSA) is 98.6 Å². The van der Waals surface area contributed by atoms with Crippen LogP contribution in [0.25, 0.3) is 0 Å². The maximum absolute atomic E-state index is 13.2. The molecule has 8 heteroatoms. The molecule has 17 heavy (non-hydrogen) atoms. The van der Waals surface area contributed by atoms with Crippen molar-refractivity contribution in [3.63, 3.8) is 0 Å². The van der Waals surface area contributed by atoms with Crippen molar-refractivity contribution >= 4 is 5.69 Å². The van der Waals surface area contributed by atoms with Gasteiger partial charge in [0.1, 0.15) is 12.7 Å². The lowest BCUT2D eigenvalue weighted by atomic mass is 10.2. The number of nitrogens with zero attached hydrogens (tertiary/aromatic N) is 1. The molecule has 0 saturated carbocycles. The van der Waals surface area contributed by atoms with E-state index in [2.05, 4.69) is 0 Å². The van der Waals surface area contributed by atoms with Crippen LogP contribution in [0, 0.1) is 21.7 Å². The Morgan fingerprint density at radius 3 is 2.65 bits per heavy atom. The summed E-state index contributed by atoms with van der Waals surface area (Å²) in [6.45, 7) is -0.429. The summed E-state index contributed by atoms with van der Waals surface area (Å²) in [5.41, 5.74) is 4.10. The van der Waals surface area contributed by atoms with Crippen molar-refractivity contribution in [3.8, 4) is 5.75 Å². The number of nitro benzene ring substituents is 1. The van der Waals surface area contributed by atoms with E-state index in [1.807, 2.05) is 0 Å². The van der Waals surface area contributed by atoms with Crippen LogP contribution < -0.4 is 10.5 Å². The average molecular weight is 248 g/mol. The lowest BCUT2D eigenvalue weighted by molar-refractivity contribution is -0.387. The van der Waals surface area contributed by atoms with Gasteiger partial charge in [-0.15, -0.1) is 0 Å². The van der Waals surface area contributed by atoms with Crippen molar-refractivity contribution in [3.05, 3.63) is 33.9 Å². The predicted molar refractivity (Wildman–Crippen MR) is 53.6 cm³/mol. The zero-order valence-electron chi connectivity index (χ0n) is 8.60. The van der Waals surface area contributed by atoms with E-state index >= 15 is 0 Å². The Labute approximate surface area is 94.8 Å². The van der Waals surface area contributed by atoms with Crippen molar-refractivity contribution in [1.82, 2.24) is 0 Å². The van der Waals surface area contributed by atoms with Crippen LogP contribution in [0.5, 0.6) is 5.75 Å². The summed E-state index contributed by atoms with van der Waals surface area (Å²) in [7, 11) is 0. The number of ether oxygens (including phenoxy) is 1. The van der Waals surface area contributed by atoms with Crippen LogP contribution in [0.1, 0.15) is 0 Å². The monoisotopic (exact) mass is 248 g/mol. The minimum atomic E-state index is -1.21. The van der Waals surface area contributed by atoms with Gasteiger partial charge in [-0.2, -0.15) is 4.39 Å². The zero-order valence-corrected chi connectivity index (χ0v) is 8.60. The van der Waals surface area contributed by atoms with Gasteiger partial charge in [0.25, 0.3) is 0 Å². The number of aliphatic hydroxyl groups is 1. The van der Waals surface area contributed by atoms with Crippen LogP contribution >= 0.6 is 0 Å². The highest BCUT2D eigenvalue weighted by atomic mass is 19.1. The summed E-state index contributed by atoms with van der Waals surface area (Å²) in [5.74, 6) is -2.81. The number of benzene rings is 1. The fourth-order valence-electron chi connectivity index (χ4n) is 1.02. The highest BCUT2D eigenvalue weighted by Crippen LogP contribution is 2.26. The van der Waals surface area contributed by atoms with E-state index in [1.54, 1.807) is 0 Å². The molecule has 6 nitrogen and oxygen atoms in total. The second-order valence-electron chi connectivity index (χ2n) is 3.19. The van der Waals surface area contributed by atoms with Crippen LogP contribution in [0.15, 0.2) is 12.1 Å². The molecule has 0 heterocycles. The van der Waals surface area contributed by atoms with Crippen molar-refractivity contribution in [2.24, 2.45) is 5.73 Å². The standard InChI is InChI=1S/C9H10F2N2O4/c10-6-2-9(17-4-5(14)3-12)7(11)1-8(6)13(15)16/h1-2,5,14H,3-4,12H2/t5-/m1/s1. The Hall–Kier alpha value is -1.80. The van der Waals surface area contributed by atoms with E-state index in [4.69, 9.17) is 15.6 Å². The SMILES string of the molecule is NC[C@@H](O)COc1cc(F)c([N+](=O)[O-])cc1F. The molecule has 0 aromatic heterocycles. The van der Waals surface area contributed by atoms with E-state index in [-0.39, 0.29) is 13.2 Å². The fraction of sp³-hybridized carbons (Fsp3) is 0.333. The summed E-state index contributed by atoms with van der Waals surface area (Å²) in [5, 5.41) is 19.3. The first kappa shape index (κ1) is 13.3. The summed E-state index contributed by atoms with van der Waals surface area (Å²) in [6, 6.07) is 0.968. The molecule has 3 N–H and O–H groups in total. The molecule has 1 aromatic rings. The molecular weight excluding hydrogens is 238 g/mol. The first-order valence-electron chi connectivity index (χ1n) is 4.60. The van der Waals surface area contributed by atoms with Crippen molar-refractivity contribution in [1.29, 1.82) is 0 Å². The Balaban J connectivity index is 2.88. The molecule has 0 amide bonds. The number of hydrogen-bond acceptors (Lipinski definition) is 5. The van der Waals surface area contributed by atoms with E-state index in [0.29, 0.717) is 12.1 Å². The lowest BCUT2D eigenvalue weighted by Crippen LogP contribution is -2.26. The fourth-order valence-corrected chi connectivity index (χ4v) is 1.02. The Morgan fingerprint density at radius 2 is 2.12 bits per heavy atom. The van der Waals surface area contributed by atoms with E-state index in [9.17, 15) is 18.9 Å². The second kappa shape index (κ2) is 5.51. The molecule has 1 aromatic carbocycles. The van der Waals surface area contributed by atoms with Gasteiger partial charge in [-0.05, 0) is 0 Å². The van der Waals surface area contributed by atoms with Crippen molar-refractivity contribution in [2.75, 3.05) is 13.2 Å². The highest BCUT2D eigenvalue weighted by Gasteiger charge is 2.19. The summed E-state index contributed by atoms with van der Waals surface area (Å²) in [4.78, 5) is 9.25. The Bertz CT molecular complexity index is 428. The van der Waals surface area contributed by atoms with Gasteiger partial charge in [-0.3, -0.25) is 10.1 Å². The number of nitro groups is 1. The van der Waals surface area contributed by atoms with Gasteiger partial charge in [0.05, 0.1) is 11.0 Å². The third-order valence-electron chi connectivity index (χ3n) is 1.90. The van der Waals surface area contributed by atoms with Crippen LogP contribution in [0.4, 0.5) is 14.5 Å². The number of rotatable bonds is 5. The third kappa shape index (κ3) is 3.33. The van der Waals surface area contributed by atoms with E-state index < -0.39 is 34.1 Å². The van der Waals surface area contributed by atoms with Crippen LogP contribution in [-0.2, 0) is 0 Å². The maximum Gasteiger partial charge on any atom is 0.307 e. The van der Waals surface area contributed by atoms with Crippen LogP contribution in [0.2, 0.25) is 0 Å². The summed E-state index contributed by atoms with van der Waals surface area (Å²) >= 11 is 0. The molecule has 0 fully saturated rings. The van der Waals surface area contributed by atoms with Crippen molar-refractivity contribution < 1.29 is 23.5 Å². The molecule has 0 saturated heterocycles. The normalized spacial score (nSPS) is 12.2. The smallest absolute Gasteiger partial charge is 0.307 e. The van der Waals surface area contributed by atoms with Crippen molar-refractivity contribution in [2.45, 2.75) is 6.10 Å². The van der Waals surface area contributed by atoms with Gasteiger partial charge in [0.2, 0.25) is 5.82 Å². The third-order valence-corrected chi connectivity index (χ3v) is 1.90. The molecule has 0 bridgehead atoms. The lowest BCUT2D eigenvalue weighted by Gasteiger charge is -2.10. The summed E-state index contributed by atoms with van der Waals surface area (Å²) < 4.78 is 31.1. The zero-order chi connectivity index (χ0) is 13.0. The second-order valence-corrected chi connectivity index (χ2v) is 3.19. The number of nitrogens with two attached hydrogens (primary N) is 1. The molecule has 0 aliphatic heterocycles. The van der Waals surface area contributed by atoms with E-state index in [1.165, 1.54) is 0 Å². The molecule has 0 aliphatic rings. The molecule has 0 spiro atoms. The largest absolute Gasteiger partial charge is 0.488 e. The highest BCUT2D eigenvalue weighted by molar-refractivity contribution is 5.39. The van der Waals surface area contributed by atoms with Gasteiger partial charge in [0, 0.05) is 12.6 Å². The van der Waals surface area contributed by atoms with Gasteiger partial charge < -0.3 is 15.6 Å². The quantitative estimate of drug-likeness (QED) is 0.586. The molecular formula is C9H10F2N2O4. The van der Waals surface area contributed by atoms with Gasteiger partial charge in [-0.1, -0.05) is 0 Å². The van der Waals surface area contributed by atoms with Gasteiger partial charge in [0.15, 0.2) is 11.6 Å². The molecule has 0 radical (unpaired) electrons. The first-order valence-corrected chi connectivity index (χ1v) is 4.60. The predicted octanol–water partition coefficient (Wildman–Crippen LogP) is 0.571. The molecule has 94 valence electrons. The minimum absolute atomic E-state index is 0.100. The maximum atomic E-state index is 13.2. The van der Waals surface area contributed by atoms with Crippen LogP contribution in [0.3, 0.4) is 0 Å². The summed E-state index contributed by atoms with van der Waals surface area (Å²) in [6.07, 6.45) is -1.02. The molecule has 0 aliphatic carbocycles. The van der Waals surface area contributed by atoms with Crippen LogP contribution in [-0.4, -0.2) is 29.3 Å². The van der Waals surface area contributed by atoms with E-state index in [0.717, 1.165) is 0 Å². The Kier molecular flexibility index (Phi) is 4.30. The molecule has 1 atom stereocenters. The van der Waals surface area contributed by atoms with Gasteiger partial charge >= 0.3 is 5.69 Å². The Morgan fingerprint density at radius 1 is 1.47 bits per heavy atom. The average Bonchev–Trinajstić information content (AvgIpc) is 2.28. The molecule has 1 rings (SSSR count). The van der Waals surface area contributed by atoms with Gasteiger partial charge in [-0.25, -0.2) is 4.39 Å². The minimum Gasteiger partial charge on any atom is -0.488 e. The number of aliphatic hydroxyl groups excluding tert-OH is 1. The number of halogens is 2. The number of hydrogen-bond donors (Lipinski definition) is 2. The first-order chi connectivity index (χ1) is 7.95.